The predicted octanol–water partition coefficient (Wildman–Crippen LogP) is 9.49. The average Bonchev–Trinajstić information content (AvgIpc) is 3.85. The fourth-order valence-electron chi connectivity index (χ4n) is 6.65. The Balaban J connectivity index is 1.11. The maximum Gasteiger partial charge on any atom is 0.299 e. The maximum absolute atomic E-state index is 13.4. The molecule has 0 aliphatic heterocycles. The van der Waals surface area contributed by atoms with Gasteiger partial charge < -0.3 is 9.84 Å². The zero-order chi connectivity index (χ0) is 46.3. The van der Waals surface area contributed by atoms with E-state index >= 15 is 0 Å². The molecule has 6 aromatic carbocycles. The van der Waals surface area contributed by atoms with Crippen molar-refractivity contribution in [2.24, 2.45) is 30.7 Å². The lowest BCUT2D eigenvalue weighted by atomic mass is 10.1. The van der Waals surface area contributed by atoms with Crippen LogP contribution in [0.2, 0.25) is 0 Å². The topological polar surface area (TPSA) is 317 Å². The molecule has 0 unspecified atom stereocenters. The third-order valence-electron chi connectivity index (χ3n) is 9.60. The molecule has 0 radical (unpaired) electrons. The molecular formula is C40H31N9O12S4. The second-order valence-corrected chi connectivity index (χ2v) is 19.3. The summed E-state index contributed by atoms with van der Waals surface area (Å²) in [6.45, 7) is 1.42. The molecule has 2 aromatic heterocycles. The molecule has 0 spiro atoms. The number of ether oxygens (including phenoxy) is 1. The lowest BCUT2D eigenvalue weighted by Crippen LogP contribution is -2.14. The van der Waals surface area contributed by atoms with E-state index < -0.39 is 57.2 Å². The molecule has 25 heteroatoms. The summed E-state index contributed by atoms with van der Waals surface area (Å²) in [5, 5.41) is 40.3. The Hall–Kier alpha value is -7.13. The number of H-pyrrole nitrogens is 1. The quantitative estimate of drug-likeness (QED) is 0.0385. The van der Waals surface area contributed by atoms with E-state index in [1.165, 1.54) is 59.4 Å². The first-order chi connectivity index (χ1) is 30.9. The minimum atomic E-state index is -5.03. The van der Waals surface area contributed by atoms with E-state index in [0.717, 1.165) is 22.1 Å². The molecule has 0 saturated carbocycles. The van der Waals surface area contributed by atoms with Crippen molar-refractivity contribution in [2.75, 3.05) is 12.4 Å². The summed E-state index contributed by atoms with van der Waals surface area (Å²) in [5.74, 6) is -1.14. The number of phenols is 1. The van der Waals surface area contributed by atoms with Crippen molar-refractivity contribution >= 4 is 107 Å². The second kappa shape index (κ2) is 17.4. The number of azo groups is 3. The number of aromatic nitrogens is 3. The lowest BCUT2D eigenvalue weighted by molar-refractivity contribution is 0.317. The number of hydrogen-bond acceptors (Lipinski definition) is 17. The molecule has 65 heavy (non-hydrogen) atoms. The molecule has 0 saturated heterocycles. The van der Waals surface area contributed by atoms with Crippen LogP contribution in [-0.4, -0.2) is 71.1 Å². The molecule has 8 aromatic rings. The van der Waals surface area contributed by atoms with Crippen LogP contribution in [-0.2, 0) is 30.4 Å². The lowest BCUT2D eigenvalue weighted by Gasteiger charge is -2.11. The number of hydrogen-bond donors (Lipinski definition) is 5. The van der Waals surface area contributed by atoms with Gasteiger partial charge in [0.25, 0.3) is 35.9 Å². The van der Waals surface area contributed by atoms with E-state index in [1.807, 2.05) is 30.3 Å². The third-order valence-corrected chi connectivity index (χ3v) is 13.1. The summed E-state index contributed by atoms with van der Waals surface area (Å²) in [7, 11) is -13.9. The van der Waals surface area contributed by atoms with Gasteiger partial charge in [0.2, 0.25) is 5.13 Å². The normalized spacial score (nSPS) is 12.8. The fraction of sp³-hybridized carbons (Fsp3) is 0.100. The monoisotopic (exact) mass is 957 g/mol. The largest absolute Gasteiger partial charge is 0.505 e. The maximum atomic E-state index is 13.4. The molecule has 332 valence electrons. The summed E-state index contributed by atoms with van der Waals surface area (Å²) in [4.78, 5) is 16.4. The van der Waals surface area contributed by atoms with Gasteiger partial charge in [0.05, 0.1) is 34.6 Å². The summed E-state index contributed by atoms with van der Waals surface area (Å²) in [6.07, 6.45) is 1.16. The summed E-state index contributed by atoms with van der Waals surface area (Å²) < 4.78 is 109. The average molecular weight is 958 g/mol. The molecule has 0 bridgehead atoms. The van der Waals surface area contributed by atoms with E-state index in [-0.39, 0.29) is 68.6 Å². The Morgan fingerprint density at radius 2 is 1.38 bits per heavy atom. The third kappa shape index (κ3) is 9.55. The van der Waals surface area contributed by atoms with Gasteiger partial charge in [0, 0.05) is 22.2 Å². The van der Waals surface area contributed by atoms with Gasteiger partial charge in [-0.15, -0.1) is 30.7 Å². The first-order valence-corrected chi connectivity index (χ1v) is 24.1. The Bertz CT molecular complexity index is 3710. The van der Waals surface area contributed by atoms with E-state index in [4.69, 9.17) is 4.74 Å². The number of fused-ring (bicyclic) bond motifs is 3. The van der Waals surface area contributed by atoms with E-state index in [0.29, 0.717) is 16.0 Å². The van der Waals surface area contributed by atoms with Crippen molar-refractivity contribution < 1.29 is 48.8 Å². The zero-order valence-electron chi connectivity index (χ0n) is 33.2. The van der Waals surface area contributed by atoms with Crippen molar-refractivity contribution in [2.45, 2.75) is 23.1 Å². The molecular weight excluding hydrogens is 927 g/mol. The van der Waals surface area contributed by atoms with Crippen molar-refractivity contribution in [1.82, 2.24) is 14.8 Å². The molecule has 21 nitrogen and oxygen atoms in total. The predicted molar refractivity (Wildman–Crippen MR) is 239 cm³/mol. The van der Waals surface area contributed by atoms with E-state index in [1.54, 1.807) is 25.1 Å². The van der Waals surface area contributed by atoms with Crippen molar-refractivity contribution in [1.29, 1.82) is 0 Å². The van der Waals surface area contributed by atoms with Gasteiger partial charge >= 0.3 is 0 Å². The Morgan fingerprint density at radius 3 is 2.15 bits per heavy atom. The summed E-state index contributed by atoms with van der Waals surface area (Å²) in [5.41, 5.74) is 0.0147. The first-order valence-electron chi connectivity index (χ1n) is 18.8. The van der Waals surface area contributed by atoms with Crippen LogP contribution in [0, 0.1) is 6.92 Å². The highest BCUT2D eigenvalue weighted by Crippen LogP contribution is 2.43. The van der Waals surface area contributed by atoms with Gasteiger partial charge in [-0.1, -0.05) is 59.9 Å². The van der Waals surface area contributed by atoms with E-state index in [9.17, 15) is 48.8 Å². The number of benzene rings is 6. The molecule has 5 N–H and O–H groups in total. The van der Waals surface area contributed by atoms with Crippen molar-refractivity contribution in [3.63, 3.8) is 0 Å². The van der Waals surface area contributed by atoms with Gasteiger partial charge in [-0.2, -0.15) is 25.3 Å². The number of phenolic OH excluding ortho intramolecular Hbond substituents is 1. The number of aryl methyl sites for hydroxylation is 1. The highest BCUT2D eigenvalue weighted by Gasteiger charge is 2.23. The van der Waals surface area contributed by atoms with E-state index in [2.05, 4.69) is 40.8 Å². The standard InChI is InChI=1S/C40H31N9O12S4/c1-22-19-30(33(61-17-6-18-63(52,53)54)20-29(22)45-48-40-42-36-34(62-40)11-5-12-35(36)64(55,56)57)46-43-27-15-14-26-25(37(27)50)13-16-28(38(26)65(58,59)60)44-47-31-21-41-49(39(31)51)32-10-4-8-23-7-2-3-9-24(23)32/h2-5,7-16,19-21,41,50H,6,17-18H2,1H3,(H,52,53,54)(H,55,56,57)(H,58,59,60). The molecule has 8 rings (SSSR count). The van der Waals surface area contributed by atoms with Crippen LogP contribution in [0.25, 0.3) is 37.4 Å². The fourth-order valence-corrected chi connectivity index (χ4v) is 9.49. The van der Waals surface area contributed by atoms with Crippen molar-refractivity contribution in [3.8, 4) is 17.2 Å². The van der Waals surface area contributed by atoms with Gasteiger partial charge in [-0.25, -0.2) is 9.67 Å². The summed E-state index contributed by atoms with van der Waals surface area (Å²) in [6, 6.07) is 24.9. The van der Waals surface area contributed by atoms with Crippen LogP contribution in [0.15, 0.2) is 149 Å². The number of rotatable bonds is 14. The van der Waals surface area contributed by atoms with Crippen LogP contribution in [0.1, 0.15) is 12.0 Å². The van der Waals surface area contributed by atoms with Crippen LogP contribution in [0.3, 0.4) is 0 Å². The first kappa shape index (κ1) is 44.5. The van der Waals surface area contributed by atoms with Crippen LogP contribution in [0.4, 0.5) is 33.6 Å². The van der Waals surface area contributed by atoms with Gasteiger partial charge in [-0.3, -0.25) is 23.6 Å². The number of aromatic amines is 1. The number of aromatic hydroxyl groups is 1. The van der Waals surface area contributed by atoms with Gasteiger partial charge in [0.15, 0.2) is 11.4 Å². The molecule has 0 aliphatic carbocycles. The molecule has 0 fully saturated rings. The van der Waals surface area contributed by atoms with Crippen LogP contribution < -0.4 is 10.3 Å². The Kier molecular flexibility index (Phi) is 11.9. The molecule has 0 amide bonds. The molecule has 0 atom stereocenters. The molecule has 2 heterocycles. The molecule has 0 aliphatic rings. The Labute approximate surface area is 371 Å². The Morgan fingerprint density at radius 1 is 0.708 bits per heavy atom. The number of nitrogens with zero attached hydrogens (tertiary/aromatic N) is 8. The van der Waals surface area contributed by atoms with Gasteiger partial charge in [-0.05, 0) is 66.8 Å². The SMILES string of the molecule is Cc1cc(N=Nc2ccc3c(S(=O)(=O)O)c(N=Nc4c[nH]n(-c5cccc6ccccc56)c4=O)ccc3c2O)c(OCCCS(=O)(=O)O)cc1N=Nc1nc2c(S(=O)(=O)O)cccc2s1. The second-order valence-electron chi connectivity index (χ2n) is 14.0. The number of thiazole rings is 1. The highest BCUT2D eigenvalue weighted by molar-refractivity contribution is 7.86. The highest BCUT2D eigenvalue weighted by atomic mass is 32.2. The minimum absolute atomic E-state index is 0.000866. The van der Waals surface area contributed by atoms with Gasteiger partial charge in [0.1, 0.15) is 38.1 Å². The summed E-state index contributed by atoms with van der Waals surface area (Å²) >= 11 is 1.01. The number of nitrogens with one attached hydrogen (secondary N) is 1. The smallest absolute Gasteiger partial charge is 0.299 e. The minimum Gasteiger partial charge on any atom is -0.505 e. The van der Waals surface area contributed by atoms with Crippen LogP contribution in [0.5, 0.6) is 11.5 Å². The zero-order valence-corrected chi connectivity index (χ0v) is 36.5. The van der Waals surface area contributed by atoms with Crippen molar-refractivity contribution in [3.05, 3.63) is 119 Å². The number of para-hydroxylation sites is 1. The van der Waals surface area contributed by atoms with Crippen LogP contribution >= 0.6 is 11.3 Å².